The minimum atomic E-state index is -0.817. The topological polar surface area (TPSA) is 37.4 Å². The standard InChI is InChI=1S/C19H27NO2S/c1-19(2)14-20(12-13-23(19)22)18(21)17-10-8-16(9-11-17)15-6-4-3-5-7-15/h3-7,16-17H,8-14H2,1-2H3/t16?,17?,23-/m0/s1. The fourth-order valence-corrected chi connectivity index (χ4v) is 5.16. The van der Waals surface area contributed by atoms with Crippen LogP contribution in [-0.4, -0.2) is 38.6 Å². The van der Waals surface area contributed by atoms with Gasteiger partial charge in [0.1, 0.15) is 0 Å². The lowest BCUT2D eigenvalue weighted by atomic mass is 9.78. The number of hydrogen-bond acceptors (Lipinski definition) is 2. The van der Waals surface area contributed by atoms with E-state index in [1.807, 2.05) is 18.7 Å². The molecule has 2 fully saturated rings. The molecule has 1 amide bonds. The van der Waals surface area contributed by atoms with Crippen molar-refractivity contribution in [2.24, 2.45) is 5.92 Å². The lowest BCUT2D eigenvalue weighted by Gasteiger charge is -2.40. The van der Waals surface area contributed by atoms with E-state index in [0.717, 1.165) is 25.7 Å². The molecule has 23 heavy (non-hydrogen) atoms. The van der Waals surface area contributed by atoms with Gasteiger partial charge in [-0.15, -0.1) is 0 Å². The van der Waals surface area contributed by atoms with E-state index in [4.69, 9.17) is 0 Å². The van der Waals surface area contributed by atoms with Gasteiger partial charge in [0.25, 0.3) is 0 Å². The maximum atomic E-state index is 12.8. The van der Waals surface area contributed by atoms with Gasteiger partial charge in [-0.05, 0) is 51.0 Å². The van der Waals surface area contributed by atoms with Crippen LogP contribution in [0.2, 0.25) is 0 Å². The predicted octanol–water partition coefficient (Wildman–Crippen LogP) is 3.33. The van der Waals surface area contributed by atoms with E-state index < -0.39 is 10.8 Å². The van der Waals surface area contributed by atoms with Gasteiger partial charge in [-0.3, -0.25) is 9.00 Å². The van der Waals surface area contributed by atoms with Crippen molar-refractivity contribution in [1.82, 2.24) is 4.90 Å². The summed E-state index contributed by atoms with van der Waals surface area (Å²) in [6, 6.07) is 10.7. The van der Waals surface area contributed by atoms with Crippen LogP contribution in [0.5, 0.6) is 0 Å². The van der Waals surface area contributed by atoms with Gasteiger partial charge in [-0.1, -0.05) is 30.3 Å². The highest BCUT2D eigenvalue weighted by Crippen LogP contribution is 2.37. The van der Waals surface area contributed by atoms with Crippen LogP contribution in [0.25, 0.3) is 0 Å². The molecule has 1 aliphatic heterocycles. The Kier molecular flexibility index (Phi) is 4.90. The predicted molar refractivity (Wildman–Crippen MR) is 94.8 cm³/mol. The molecule has 3 rings (SSSR count). The molecule has 4 heteroatoms. The van der Waals surface area contributed by atoms with Gasteiger partial charge in [0, 0.05) is 35.6 Å². The number of amides is 1. The monoisotopic (exact) mass is 333 g/mol. The molecule has 1 atom stereocenters. The summed E-state index contributed by atoms with van der Waals surface area (Å²) in [4.78, 5) is 14.8. The SMILES string of the molecule is CC1(C)CN(C(=O)C2CCC(c3ccccc3)CC2)CC[S@@]1=O. The van der Waals surface area contributed by atoms with Crippen LogP contribution in [-0.2, 0) is 15.6 Å². The minimum absolute atomic E-state index is 0.164. The zero-order valence-corrected chi connectivity index (χ0v) is 15.0. The molecule has 2 aliphatic rings. The highest BCUT2D eigenvalue weighted by Gasteiger charge is 2.38. The number of nitrogens with zero attached hydrogens (tertiary/aromatic N) is 1. The van der Waals surface area contributed by atoms with Crippen molar-refractivity contribution in [3.8, 4) is 0 Å². The van der Waals surface area contributed by atoms with Gasteiger partial charge in [-0.25, -0.2) is 0 Å². The van der Waals surface area contributed by atoms with Crippen LogP contribution in [0.15, 0.2) is 30.3 Å². The first kappa shape index (κ1) is 16.7. The minimum Gasteiger partial charge on any atom is -0.340 e. The van der Waals surface area contributed by atoms with E-state index in [0.29, 0.717) is 30.7 Å². The van der Waals surface area contributed by atoms with E-state index >= 15 is 0 Å². The maximum absolute atomic E-state index is 12.8. The molecule has 0 radical (unpaired) electrons. The molecule has 1 heterocycles. The molecule has 3 nitrogen and oxygen atoms in total. The summed E-state index contributed by atoms with van der Waals surface area (Å²) >= 11 is 0. The number of benzene rings is 1. The average Bonchev–Trinajstić information content (AvgIpc) is 2.57. The van der Waals surface area contributed by atoms with Crippen LogP contribution in [0.3, 0.4) is 0 Å². The van der Waals surface area contributed by atoms with Gasteiger partial charge >= 0.3 is 0 Å². The van der Waals surface area contributed by atoms with E-state index in [-0.39, 0.29) is 10.7 Å². The van der Waals surface area contributed by atoms with Crippen molar-refractivity contribution in [2.75, 3.05) is 18.8 Å². The summed E-state index contributed by atoms with van der Waals surface area (Å²) in [5.74, 6) is 1.68. The molecule has 1 aromatic rings. The van der Waals surface area contributed by atoms with Gasteiger partial charge in [0.05, 0.1) is 4.75 Å². The molecule has 126 valence electrons. The van der Waals surface area contributed by atoms with E-state index in [2.05, 4.69) is 30.3 Å². The van der Waals surface area contributed by atoms with Gasteiger partial charge in [0.2, 0.25) is 5.91 Å². The zero-order chi connectivity index (χ0) is 16.4. The van der Waals surface area contributed by atoms with Crippen LogP contribution < -0.4 is 0 Å². The normalized spacial score (nSPS) is 30.9. The largest absolute Gasteiger partial charge is 0.340 e. The van der Waals surface area contributed by atoms with Crippen LogP contribution >= 0.6 is 0 Å². The summed E-state index contributed by atoms with van der Waals surface area (Å²) in [6.07, 6.45) is 4.17. The van der Waals surface area contributed by atoms with Gasteiger partial charge in [0.15, 0.2) is 0 Å². The molecule has 0 unspecified atom stereocenters. The Labute approximate surface area is 141 Å². The first-order valence-electron chi connectivity index (χ1n) is 8.69. The maximum Gasteiger partial charge on any atom is 0.225 e. The quantitative estimate of drug-likeness (QED) is 0.832. The van der Waals surface area contributed by atoms with E-state index in [1.165, 1.54) is 5.56 Å². The second-order valence-corrected chi connectivity index (χ2v) is 9.73. The molecule has 0 aromatic heterocycles. The van der Waals surface area contributed by atoms with E-state index in [1.54, 1.807) is 0 Å². The van der Waals surface area contributed by atoms with Crippen molar-refractivity contribution in [1.29, 1.82) is 0 Å². The van der Waals surface area contributed by atoms with Gasteiger partial charge in [-0.2, -0.15) is 0 Å². The first-order valence-corrected chi connectivity index (χ1v) is 10.0. The number of carbonyl (C=O) groups is 1. The number of carbonyl (C=O) groups excluding carboxylic acids is 1. The van der Waals surface area contributed by atoms with Crippen LogP contribution in [0.1, 0.15) is 51.0 Å². The Morgan fingerprint density at radius 1 is 1.13 bits per heavy atom. The van der Waals surface area contributed by atoms with Crippen LogP contribution in [0.4, 0.5) is 0 Å². The number of hydrogen-bond donors (Lipinski definition) is 0. The van der Waals surface area contributed by atoms with Crippen molar-refractivity contribution >= 4 is 16.7 Å². The van der Waals surface area contributed by atoms with Gasteiger partial charge < -0.3 is 4.90 Å². The molecule has 1 saturated carbocycles. The summed E-state index contributed by atoms with van der Waals surface area (Å²) in [5.41, 5.74) is 1.41. The lowest BCUT2D eigenvalue weighted by Crippen LogP contribution is -2.53. The molecule has 1 saturated heterocycles. The highest BCUT2D eigenvalue weighted by molar-refractivity contribution is 7.86. The Balaban J connectivity index is 1.57. The Hall–Kier alpha value is -1.16. The summed E-state index contributed by atoms with van der Waals surface area (Å²) in [7, 11) is -0.817. The second kappa shape index (κ2) is 6.76. The van der Waals surface area contributed by atoms with Crippen molar-refractivity contribution in [2.45, 2.75) is 50.2 Å². The molecule has 0 bridgehead atoms. The van der Waals surface area contributed by atoms with Crippen LogP contribution in [0, 0.1) is 5.92 Å². The van der Waals surface area contributed by atoms with Crippen molar-refractivity contribution in [3.63, 3.8) is 0 Å². The van der Waals surface area contributed by atoms with Crippen molar-refractivity contribution < 1.29 is 9.00 Å². The molecular weight excluding hydrogens is 306 g/mol. The molecule has 0 spiro atoms. The fourth-order valence-electron chi connectivity index (χ4n) is 3.93. The molecule has 1 aliphatic carbocycles. The lowest BCUT2D eigenvalue weighted by molar-refractivity contribution is -0.137. The molecular formula is C19H27NO2S. The first-order chi connectivity index (χ1) is 11.0. The Morgan fingerprint density at radius 2 is 1.78 bits per heavy atom. The average molecular weight is 333 g/mol. The molecule has 0 N–H and O–H groups in total. The smallest absolute Gasteiger partial charge is 0.225 e. The zero-order valence-electron chi connectivity index (χ0n) is 14.2. The Morgan fingerprint density at radius 3 is 2.39 bits per heavy atom. The van der Waals surface area contributed by atoms with E-state index in [9.17, 15) is 9.00 Å². The highest BCUT2D eigenvalue weighted by atomic mass is 32.2. The summed E-state index contributed by atoms with van der Waals surface area (Å²) < 4.78 is 11.8. The summed E-state index contributed by atoms with van der Waals surface area (Å²) in [6.45, 7) is 5.31. The Bertz CT molecular complexity index is 576. The second-order valence-electron chi connectivity index (χ2n) is 7.53. The third kappa shape index (κ3) is 3.68. The fraction of sp³-hybridized carbons (Fsp3) is 0.632. The number of rotatable bonds is 2. The third-order valence-electron chi connectivity index (χ3n) is 5.39. The van der Waals surface area contributed by atoms with Crippen molar-refractivity contribution in [3.05, 3.63) is 35.9 Å². The third-order valence-corrected chi connectivity index (χ3v) is 7.31. The molecule has 1 aromatic carbocycles. The summed E-state index contributed by atoms with van der Waals surface area (Å²) in [5, 5.41) is 0.